The molecule has 95 heavy (non-hydrogen) atoms. The second-order valence-corrected chi connectivity index (χ2v) is 38.2. The fourth-order valence-corrected chi connectivity index (χ4v) is 26.7. The standard InChI is InChI=1S/C84H78S11/c1-12-15-18-21-53-40-58(60-44-76(92-81(60)52(53)11)72-35-32-63(89-72)62-26-24-50(9)85-62)59-41-55(23-20-17-14-3)80(79-54(22-19-16-13-2)39-48(7)57-43-74(94-83(57)79)70-27-25-51(10)86-70)84-61(59)45-77(95-84)73-37-34-69(91-73)67-31-29-65(88-67)64-28-30-66(87-64)68-33-36-71(90-68)75-42-56-47(6)38-49(8)78(46(4)5)82(56)93-75/h24-45H,4,12-23H2,1-3,5-11H3. The highest BCUT2D eigenvalue weighted by atomic mass is 32.1. The van der Waals surface area contributed by atoms with Gasteiger partial charge in [-0.15, -0.1) is 125 Å². The molecule has 0 aliphatic carbocycles. The highest BCUT2D eigenvalue weighted by Gasteiger charge is 2.28. The summed E-state index contributed by atoms with van der Waals surface area (Å²) in [6.45, 7) is 27.3. The molecule has 0 nitrogen and oxygen atoms in total. The lowest BCUT2D eigenvalue weighted by molar-refractivity contribution is 0.715. The Morgan fingerprint density at radius 2 is 0.611 bits per heavy atom. The van der Waals surface area contributed by atoms with Crippen molar-refractivity contribution in [2.24, 2.45) is 0 Å². The average Bonchev–Trinajstić information content (AvgIpc) is 1.65. The molecular formula is C84H78S11. The Morgan fingerprint density at radius 1 is 0.295 bits per heavy atom. The Bertz CT molecular complexity index is 5360. The summed E-state index contributed by atoms with van der Waals surface area (Å²) < 4.78 is 5.72. The zero-order chi connectivity index (χ0) is 65.3. The lowest BCUT2D eigenvalue weighted by atomic mass is 9.84. The summed E-state index contributed by atoms with van der Waals surface area (Å²) in [6, 6.07) is 53.4. The van der Waals surface area contributed by atoms with Crippen molar-refractivity contribution in [2.75, 3.05) is 0 Å². The van der Waals surface area contributed by atoms with Crippen molar-refractivity contribution < 1.29 is 0 Å². The first kappa shape index (κ1) is 65.3. The van der Waals surface area contributed by atoms with E-state index in [1.54, 1.807) is 0 Å². The van der Waals surface area contributed by atoms with Gasteiger partial charge in [0.15, 0.2) is 0 Å². The number of unbranched alkanes of at least 4 members (excludes halogenated alkanes) is 6. The average molecular weight is 1440 g/mol. The molecular weight excluding hydrogens is 1360 g/mol. The lowest BCUT2D eigenvalue weighted by Gasteiger charge is -2.21. The molecule has 0 bridgehead atoms. The van der Waals surface area contributed by atoms with Crippen LogP contribution in [0.5, 0.6) is 0 Å². The Kier molecular flexibility index (Phi) is 19.0. The SMILES string of the molecule is C=C(C)c1c(C)cc(C)c2cc(-c3ccc(-c4ccc(-c5ccc(-c6ccc(-c7cc8c(-c9cc(CCCCC)c(C)c%10sc(-c%11ccc(-c%12ccc(C)s%12)s%11)cc9%10)cc(CCCCC)c(-c9c(CCCCC)cc(C)c%10cc(-c%11ccc(C)s%11)sc9%10)c8s7)s6)s5)s4)s3)sc12. The molecule has 15 rings (SSSR count). The first-order chi connectivity index (χ1) is 46.2. The van der Waals surface area contributed by atoms with Crippen LogP contribution < -0.4 is 0 Å². The van der Waals surface area contributed by atoms with Gasteiger partial charge in [-0.2, -0.15) is 0 Å². The van der Waals surface area contributed by atoms with Crippen LogP contribution in [0.15, 0.2) is 140 Å². The number of rotatable bonds is 23. The van der Waals surface area contributed by atoms with E-state index < -0.39 is 0 Å². The molecule has 0 amide bonds. The summed E-state index contributed by atoms with van der Waals surface area (Å²) in [4.78, 5) is 24.3. The van der Waals surface area contributed by atoms with E-state index in [0.717, 1.165) is 24.8 Å². The van der Waals surface area contributed by atoms with E-state index in [9.17, 15) is 0 Å². The van der Waals surface area contributed by atoms with Gasteiger partial charge < -0.3 is 0 Å². The number of aryl methyl sites for hydroxylation is 9. The van der Waals surface area contributed by atoms with Crippen LogP contribution >= 0.6 is 125 Å². The molecule has 11 aromatic heterocycles. The van der Waals surface area contributed by atoms with Crippen LogP contribution in [0.1, 0.15) is 140 Å². The molecule has 0 aliphatic heterocycles. The predicted octanol–water partition coefficient (Wildman–Crippen LogP) is 31.7. The van der Waals surface area contributed by atoms with E-state index in [2.05, 4.69) is 221 Å². The van der Waals surface area contributed by atoms with Crippen LogP contribution in [0.2, 0.25) is 0 Å². The minimum absolute atomic E-state index is 1.05. The third kappa shape index (κ3) is 12.6. The third-order valence-electron chi connectivity index (χ3n) is 18.9. The molecule has 0 unspecified atom stereocenters. The molecule has 4 aromatic carbocycles. The molecule has 15 aromatic rings. The van der Waals surface area contributed by atoms with E-state index in [-0.39, 0.29) is 0 Å². The maximum absolute atomic E-state index is 4.36. The highest BCUT2D eigenvalue weighted by molar-refractivity contribution is 7.32. The Labute approximate surface area is 605 Å². The van der Waals surface area contributed by atoms with Gasteiger partial charge in [0.1, 0.15) is 0 Å². The third-order valence-corrected chi connectivity index (χ3v) is 32.6. The molecule has 0 spiro atoms. The van der Waals surface area contributed by atoms with Gasteiger partial charge in [0.05, 0.1) is 0 Å². The molecule has 11 heterocycles. The van der Waals surface area contributed by atoms with Crippen LogP contribution in [0.25, 0.3) is 146 Å². The molecule has 0 saturated carbocycles. The predicted molar refractivity (Wildman–Crippen MR) is 440 cm³/mol. The normalized spacial score (nSPS) is 12.0. The summed E-state index contributed by atoms with van der Waals surface area (Å²) in [5, 5.41) is 5.56. The molecule has 0 fully saturated rings. The molecule has 11 heteroatoms. The minimum Gasteiger partial charge on any atom is -0.140 e. The second kappa shape index (κ2) is 27.6. The van der Waals surface area contributed by atoms with Crippen LogP contribution in [0.4, 0.5) is 0 Å². The first-order valence-electron chi connectivity index (χ1n) is 33.8. The van der Waals surface area contributed by atoms with Crippen LogP contribution in [-0.2, 0) is 19.3 Å². The molecule has 480 valence electrons. The second-order valence-electron chi connectivity index (χ2n) is 26.0. The first-order valence-corrected chi connectivity index (χ1v) is 42.8. The number of fused-ring (bicyclic) bond motifs is 4. The van der Waals surface area contributed by atoms with E-state index >= 15 is 0 Å². The quantitative estimate of drug-likeness (QED) is 0.0560. The number of hydrogen-bond acceptors (Lipinski definition) is 11. The molecule has 0 aliphatic rings. The van der Waals surface area contributed by atoms with Crippen LogP contribution in [-0.4, -0.2) is 0 Å². The van der Waals surface area contributed by atoms with Crippen molar-refractivity contribution in [3.8, 4) is 100 Å². The zero-order valence-corrected chi connectivity index (χ0v) is 64.9. The van der Waals surface area contributed by atoms with Crippen molar-refractivity contribution in [1.29, 1.82) is 0 Å². The van der Waals surface area contributed by atoms with Gasteiger partial charge in [-0.3, -0.25) is 0 Å². The number of benzene rings is 4. The van der Waals surface area contributed by atoms with E-state index in [1.165, 1.54) is 253 Å². The summed E-state index contributed by atoms with van der Waals surface area (Å²) in [5.74, 6) is 0. The van der Waals surface area contributed by atoms with E-state index in [1.807, 2.05) is 113 Å². The smallest absolute Gasteiger partial charge is 0.0455 e. The molecule has 0 atom stereocenters. The lowest BCUT2D eigenvalue weighted by Crippen LogP contribution is -1.99. The van der Waals surface area contributed by atoms with Crippen molar-refractivity contribution in [3.63, 3.8) is 0 Å². The van der Waals surface area contributed by atoms with Crippen molar-refractivity contribution in [1.82, 2.24) is 0 Å². The van der Waals surface area contributed by atoms with Crippen molar-refractivity contribution in [2.45, 2.75) is 146 Å². The monoisotopic (exact) mass is 1440 g/mol. The van der Waals surface area contributed by atoms with Crippen LogP contribution in [0.3, 0.4) is 0 Å². The topological polar surface area (TPSA) is 0 Å². The fourth-order valence-electron chi connectivity index (χ4n) is 14.1. The number of hydrogen-bond donors (Lipinski definition) is 0. The Hall–Kier alpha value is -5.64. The van der Waals surface area contributed by atoms with Crippen molar-refractivity contribution in [3.05, 3.63) is 194 Å². The fraction of sp³-hybridized carbons (Fsp3) is 0.262. The largest absolute Gasteiger partial charge is 0.140 e. The molecule has 0 radical (unpaired) electrons. The van der Waals surface area contributed by atoms with Crippen LogP contribution in [0, 0.1) is 41.5 Å². The maximum atomic E-state index is 4.36. The minimum atomic E-state index is 1.05. The summed E-state index contributed by atoms with van der Waals surface area (Å²) in [7, 11) is 0. The van der Waals surface area contributed by atoms with E-state index in [4.69, 9.17) is 0 Å². The molecule has 0 saturated heterocycles. The zero-order valence-electron chi connectivity index (χ0n) is 55.9. The van der Waals surface area contributed by atoms with Gasteiger partial charge in [0.25, 0.3) is 0 Å². The summed E-state index contributed by atoms with van der Waals surface area (Å²) in [6.07, 6.45) is 14.1. The van der Waals surface area contributed by atoms with Gasteiger partial charge in [-0.25, -0.2) is 0 Å². The van der Waals surface area contributed by atoms with Gasteiger partial charge >= 0.3 is 0 Å². The maximum Gasteiger partial charge on any atom is 0.0455 e. The summed E-state index contributed by atoms with van der Waals surface area (Å²) >= 11 is 21.6. The van der Waals surface area contributed by atoms with Gasteiger partial charge in [-0.05, 0) is 274 Å². The highest BCUT2D eigenvalue weighted by Crippen LogP contribution is 2.56. The van der Waals surface area contributed by atoms with Gasteiger partial charge in [0, 0.05) is 128 Å². The number of thiophene rings is 11. The number of allylic oxidation sites excluding steroid dienone is 1. The van der Waals surface area contributed by atoms with Gasteiger partial charge in [0.2, 0.25) is 0 Å². The van der Waals surface area contributed by atoms with Crippen molar-refractivity contribution >= 4 is 171 Å². The van der Waals surface area contributed by atoms with E-state index in [0.29, 0.717) is 0 Å². The molecule has 0 N–H and O–H groups in total. The van der Waals surface area contributed by atoms with Gasteiger partial charge in [-0.1, -0.05) is 84.1 Å². The Morgan fingerprint density at radius 3 is 1.03 bits per heavy atom. The Balaban J connectivity index is 0.869. The summed E-state index contributed by atoms with van der Waals surface area (Å²) in [5.41, 5.74) is 18.3.